The summed E-state index contributed by atoms with van der Waals surface area (Å²) in [5, 5.41) is 0.794. The standard InChI is InChI=1S/C9H8ClNS2.ClH/c1-12-9-11-8-3-2-7(10)4-6(8)5-13-9;/h2-4H,5H2,1H3;1H. The van der Waals surface area contributed by atoms with Crippen molar-refractivity contribution in [2.75, 3.05) is 6.26 Å². The van der Waals surface area contributed by atoms with Crippen LogP contribution in [0.3, 0.4) is 0 Å². The van der Waals surface area contributed by atoms with Crippen LogP contribution in [0.1, 0.15) is 5.56 Å². The zero-order valence-electron chi connectivity index (χ0n) is 7.49. The lowest BCUT2D eigenvalue weighted by Crippen LogP contribution is -1.94. The van der Waals surface area contributed by atoms with E-state index in [0.717, 1.165) is 20.8 Å². The van der Waals surface area contributed by atoms with E-state index in [1.165, 1.54) is 5.56 Å². The van der Waals surface area contributed by atoms with Crippen molar-refractivity contribution in [2.45, 2.75) is 5.75 Å². The largest absolute Gasteiger partial charge is 0.235 e. The third kappa shape index (κ3) is 2.60. The maximum Gasteiger partial charge on any atom is 0.130 e. The van der Waals surface area contributed by atoms with Gasteiger partial charge in [-0.15, -0.1) is 24.2 Å². The summed E-state index contributed by atoms with van der Waals surface area (Å²) in [5.74, 6) is 0.982. The Morgan fingerprint density at radius 2 is 2.29 bits per heavy atom. The Morgan fingerprint density at radius 1 is 1.50 bits per heavy atom. The van der Waals surface area contributed by atoms with Crippen LogP contribution in [0.5, 0.6) is 0 Å². The van der Waals surface area contributed by atoms with Crippen molar-refractivity contribution in [2.24, 2.45) is 4.99 Å². The molecule has 0 bridgehead atoms. The van der Waals surface area contributed by atoms with Crippen molar-refractivity contribution in [3.8, 4) is 0 Å². The first-order chi connectivity index (χ1) is 6.29. The zero-order chi connectivity index (χ0) is 9.26. The van der Waals surface area contributed by atoms with Crippen molar-refractivity contribution < 1.29 is 0 Å². The molecule has 1 aliphatic rings. The Hall–Kier alpha value is 0.170. The van der Waals surface area contributed by atoms with Crippen LogP contribution in [-0.4, -0.2) is 10.6 Å². The highest BCUT2D eigenvalue weighted by Gasteiger charge is 2.11. The number of fused-ring (bicyclic) bond motifs is 1. The summed E-state index contributed by atoms with van der Waals surface area (Å²) in [6, 6.07) is 5.86. The Balaban J connectivity index is 0.000000980. The minimum Gasteiger partial charge on any atom is -0.235 e. The zero-order valence-corrected chi connectivity index (χ0v) is 10.7. The minimum absolute atomic E-state index is 0. The summed E-state index contributed by atoms with van der Waals surface area (Å²) >= 11 is 9.35. The Labute approximate surface area is 103 Å². The quantitative estimate of drug-likeness (QED) is 0.691. The van der Waals surface area contributed by atoms with Crippen LogP contribution < -0.4 is 0 Å². The molecule has 1 aliphatic heterocycles. The number of hydrogen-bond acceptors (Lipinski definition) is 3. The number of aliphatic imine (C=N–C) groups is 1. The lowest BCUT2D eigenvalue weighted by Gasteiger charge is -2.13. The monoisotopic (exact) mass is 265 g/mol. The molecule has 0 fully saturated rings. The Morgan fingerprint density at radius 3 is 3.00 bits per heavy atom. The van der Waals surface area contributed by atoms with E-state index in [9.17, 15) is 0 Å². The molecule has 0 unspecified atom stereocenters. The van der Waals surface area contributed by atoms with Gasteiger partial charge in [0.2, 0.25) is 0 Å². The van der Waals surface area contributed by atoms with E-state index in [1.807, 2.05) is 24.5 Å². The summed E-state index contributed by atoms with van der Waals surface area (Å²) in [4.78, 5) is 4.49. The summed E-state index contributed by atoms with van der Waals surface area (Å²) in [6.45, 7) is 0. The van der Waals surface area contributed by atoms with Gasteiger partial charge in [-0.2, -0.15) is 0 Å². The number of hydrogen-bond donors (Lipinski definition) is 0. The van der Waals surface area contributed by atoms with Gasteiger partial charge in [-0.25, -0.2) is 4.99 Å². The molecule has 0 spiro atoms. The van der Waals surface area contributed by atoms with Gasteiger partial charge in [0.15, 0.2) is 0 Å². The first-order valence-electron chi connectivity index (χ1n) is 3.83. The van der Waals surface area contributed by atoms with E-state index in [2.05, 4.69) is 4.99 Å². The molecule has 0 saturated heterocycles. The third-order valence-electron chi connectivity index (χ3n) is 1.78. The van der Waals surface area contributed by atoms with Crippen LogP contribution in [0, 0.1) is 0 Å². The van der Waals surface area contributed by atoms with Crippen LogP contribution in [0.4, 0.5) is 5.69 Å². The molecule has 0 aromatic heterocycles. The number of halogens is 2. The molecule has 0 N–H and O–H groups in total. The van der Waals surface area contributed by atoms with Crippen molar-refractivity contribution in [3.05, 3.63) is 28.8 Å². The topological polar surface area (TPSA) is 12.4 Å². The highest BCUT2D eigenvalue weighted by molar-refractivity contribution is 8.38. The molecule has 76 valence electrons. The fourth-order valence-electron chi connectivity index (χ4n) is 1.15. The first kappa shape index (κ1) is 12.2. The fraction of sp³-hybridized carbons (Fsp3) is 0.222. The van der Waals surface area contributed by atoms with Gasteiger partial charge in [0.05, 0.1) is 5.69 Å². The van der Waals surface area contributed by atoms with Gasteiger partial charge in [0.25, 0.3) is 0 Å². The number of nitrogens with zero attached hydrogens (tertiary/aromatic N) is 1. The van der Waals surface area contributed by atoms with Gasteiger partial charge in [0.1, 0.15) is 4.38 Å². The predicted octanol–water partition coefficient (Wildman–Crippen LogP) is 4.36. The van der Waals surface area contributed by atoms with Crippen LogP contribution in [-0.2, 0) is 5.75 Å². The summed E-state index contributed by atoms with van der Waals surface area (Å²) in [7, 11) is 0. The van der Waals surface area contributed by atoms with E-state index in [0.29, 0.717) is 0 Å². The van der Waals surface area contributed by atoms with Crippen molar-refractivity contribution in [1.29, 1.82) is 0 Å². The molecular formula is C9H9Cl2NS2. The molecule has 0 saturated carbocycles. The van der Waals surface area contributed by atoms with Gasteiger partial charge >= 0.3 is 0 Å². The lowest BCUT2D eigenvalue weighted by molar-refractivity contribution is 1.36. The maximum absolute atomic E-state index is 5.88. The van der Waals surface area contributed by atoms with Gasteiger partial charge in [-0.1, -0.05) is 23.4 Å². The SMILES string of the molecule is CSC1=Nc2ccc(Cl)cc2CS1.Cl. The molecule has 1 aromatic carbocycles. The molecule has 0 aliphatic carbocycles. The average Bonchev–Trinajstić information content (AvgIpc) is 2.17. The smallest absolute Gasteiger partial charge is 0.130 e. The molecule has 1 nitrogen and oxygen atoms in total. The first-order valence-corrected chi connectivity index (χ1v) is 6.42. The maximum atomic E-state index is 5.88. The highest BCUT2D eigenvalue weighted by atomic mass is 35.5. The number of benzene rings is 1. The second-order valence-corrected chi connectivity index (χ2v) is 5.10. The summed E-state index contributed by atoms with van der Waals surface area (Å²) < 4.78 is 1.13. The van der Waals surface area contributed by atoms with E-state index < -0.39 is 0 Å². The van der Waals surface area contributed by atoms with Crippen molar-refractivity contribution >= 4 is 57.6 Å². The fourth-order valence-corrected chi connectivity index (χ4v) is 2.86. The molecular weight excluding hydrogens is 257 g/mol. The normalized spacial score (nSPS) is 14.0. The highest BCUT2D eigenvalue weighted by Crippen LogP contribution is 2.35. The Kier molecular flexibility index (Phi) is 4.64. The minimum atomic E-state index is 0. The van der Waals surface area contributed by atoms with Crippen LogP contribution >= 0.6 is 47.5 Å². The summed E-state index contributed by atoms with van der Waals surface area (Å²) in [6.07, 6.45) is 2.05. The van der Waals surface area contributed by atoms with E-state index in [1.54, 1.807) is 23.5 Å². The average molecular weight is 266 g/mol. The van der Waals surface area contributed by atoms with Crippen LogP contribution in [0.25, 0.3) is 0 Å². The van der Waals surface area contributed by atoms with E-state index >= 15 is 0 Å². The molecule has 14 heavy (non-hydrogen) atoms. The summed E-state index contributed by atoms with van der Waals surface area (Å²) in [5.41, 5.74) is 2.29. The third-order valence-corrected chi connectivity index (χ3v) is 4.10. The van der Waals surface area contributed by atoms with E-state index in [-0.39, 0.29) is 12.4 Å². The molecule has 1 heterocycles. The second-order valence-electron chi connectivity index (χ2n) is 2.64. The van der Waals surface area contributed by atoms with Gasteiger partial charge in [0, 0.05) is 10.8 Å². The molecule has 1 aromatic rings. The van der Waals surface area contributed by atoms with E-state index in [4.69, 9.17) is 11.6 Å². The molecule has 5 heteroatoms. The molecule has 2 rings (SSSR count). The van der Waals surface area contributed by atoms with Crippen molar-refractivity contribution in [3.63, 3.8) is 0 Å². The molecule has 0 atom stereocenters. The number of thioether (sulfide) groups is 2. The second kappa shape index (κ2) is 5.31. The number of rotatable bonds is 0. The lowest BCUT2D eigenvalue weighted by atomic mass is 10.2. The van der Waals surface area contributed by atoms with Crippen molar-refractivity contribution in [1.82, 2.24) is 0 Å². The van der Waals surface area contributed by atoms with Gasteiger partial charge < -0.3 is 0 Å². The predicted molar refractivity (Wildman–Crippen MR) is 70.6 cm³/mol. The molecule has 0 radical (unpaired) electrons. The Bertz CT molecular complexity index is 366. The van der Waals surface area contributed by atoms with Crippen LogP contribution in [0.15, 0.2) is 23.2 Å². The van der Waals surface area contributed by atoms with Gasteiger partial charge in [-0.05, 0) is 30.0 Å². The molecule has 0 amide bonds. The van der Waals surface area contributed by atoms with Crippen LogP contribution in [0.2, 0.25) is 5.02 Å². The van der Waals surface area contributed by atoms with Gasteiger partial charge in [-0.3, -0.25) is 0 Å².